The topological polar surface area (TPSA) is 57.4 Å². The zero-order valence-electron chi connectivity index (χ0n) is 9.47. The van der Waals surface area contributed by atoms with Gasteiger partial charge < -0.3 is 9.97 Å². The highest BCUT2D eigenvalue weighted by molar-refractivity contribution is 7.71. The largest absolute Gasteiger partial charge is 0.331 e. The summed E-state index contributed by atoms with van der Waals surface area (Å²) in [6.45, 7) is 3.89. The highest BCUT2D eigenvalue weighted by Gasteiger charge is 1.96. The number of aromatic nitrogens is 4. The van der Waals surface area contributed by atoms with E-state index in [0.717, 1.165) is 27.3 Å². The smallest absolute Gasteiger partial charge is 0.175 e. The minimum Gasteiger partial charge on any atom is -0.331 e. The van der Waals surface area contributed by atoms with Crippen LogP contribution in [0.2, 0.25) is 0 Å². The number of H-pyrrole nitrogens is 2. The number of fused-ring (bicyclic) bond motifs is 1. The van der Waals surface area contributed by atoms with E-state index >= 15 is 0 Å². The van der Waals surface area contributed by atoms with Crippen LogP contribution in [0.3, 0.4) is 0 Å². The first-order valence-corrected chi connectivity index (χ1v) is 5.83. The summed E-state index contributed by atoms with van der Waals surface area (Å²) in [6.07, 6.45) is 5.34. The second-order valence-corrected chi connectivity index (χ2v) is 4.33. The molecule has 4 nitrogen and oxygen atoms in total. The summed E-state index contributed by atoms with van der Waals surface area (Å²) in [5.41, 5.74) is 2.77. The molecule has 88 valence electrons. The fourth-order valence-electron chi connectivity index (χ4n) is 1.79. The average Bonchev–Trinajstić information content (AvgIpc) is 2.68. The molecule has 2 N–H and O–H groups in total. The lowest BCUT2D eigenvalue weighted by atomic mass is 10.2. The standard InChI is InChI=1S/C13H10N4S/c1-8-11(17-13(18)16-8)6-9-2-3-10-12(7-9)15-5-4-14-10/h2-7H,1H2,(H2,16,17,18)/b11-6-. The van der Waals surface area contributed by atoms with E-state index in [1.165, 1.54) is 0 Å². The van der Waals surface area contributed by atoms with Gasteiger partial charge in [-0.15, -0.1) is 0 Å². The molecule has 0 radical (unpaired) electrons. The highest BCUT2D eigenvalue weighted by Crippen LogP contribution is 2.10. The van der Waals surface area contributed by atoms with E-state index in [1.54, 1.807) is 12.4 Å². The van der Waals surface area contributed by atoms with E-state index in [-0.39, 0.29) is 0 Å². The molecule has 18 heavy (non-hydrogen) atoms. The van der Waals surface area contributed by atoms with Crippen LogP contribution < -0.4 is 10.7 Å². The van der Waals surface area contributed by atoms with E-state index in [0.29, 0.717) is 4.77 Å². The summed E-state index contributed by atoms with van der Waals surface area (Å²) >= 11 is 5.02. The van der Waals surface area contributed by atoms with E-state index in [2.05, 4.69) is 26.5 Å². The van der Waals surface area contributed by atoms with Crippen molar-refractivity contribution in [3.05, 3.63) is 51.6 Å². The van der Waals surface area contributed by atoms with Gasteiger partial charge in [-0.2, -0.15) is 0 Å². The number of nitrogens with zero attached hydrogens (tertiary/aromatic N) is 2. The Balaban J connectivity index is 2.21. The molecular weight excluding hydrogens is 244 g/mol. The van der Waals surface area contributed by atoms with Gasteiger partial charge >= 0.3 is 0 Å². The number of benzene rings is 1. The quantitative estimate of drug-likeness (QED) is 0.643. The van der Waals surface area contributed by atoms with Gasteiger partial charge in [0.05, 0.1) is 21.7 Å². The molecule has 2 heterocycles. The van der Waals surface area contributed by atoms with E-state index in [1.807, 2.05) is 24.3 Å². The molecule has 0 aliphatic carbocycles. The molecule has 0 aliphatic heterocycles. The summed E-state index contributed by atoms with van der Waals surface area (Å²) in [5, 5.41) is 1.66. The molecule has 5 heteroatoms. The first-order valence-electron chi connectivity index (χ1n) is 5.42. The monoisotopic (exact) mass is 254 g/mol. The summed E-state index contributed by atoms with van der Waals surface area (Å²) in [5.74, 6) is 0. The second kappa shape index (κ2) is 4.19. The van der Waals surface area contributed by atoms with Crippen molar-refractivity contribution in [3.63, 3.8) is 0 Å². The van der Waals surface area contributed by atoms with Crippen LogP contribution >= 0.6 is 12.2 Å². The molecular formula is C13H10N4S. The van der Waals surface area contributed by atoms with Crippen LogP contribution in [0, 0.1) is 4.77 Å². The van der Waals surface area contributed by atoms with E-state index in [9.17, 15) is 0 Å². The van der Waals surface area contributed by atoms with Gasteiger partial charge in [-0.05, 0) is 36.0 Å². The number of aromatic amines is 2. The minimum atomic E-state index is 0.576. The Bertz CT molecular complexity index is 876. The molecule has 0 spiro atoms. The van der Waals surface area contributed by atoms with Gasteiger partial charge in [-0.1, -0.05) is 12.6 Å². The van der Waals surface area contributed by atoms with Gasteiger partial charge in [0, 0.05) is 12.4 Å². The van der Waals surface area contributed by atoms with Crippen LogP contribution in [0.5, 0.6) is 0 Å². The van der Waals surface area contributed by atoms with Crippen molar-refractivity contribution >= 4 is 35.9 Å². The third-order valence-electron chi connectivity index (χ3n) is 2.64. The van der Waals surface area contributed by atoms with Crippen LogP contribution in [0.4, 0.5) is 0 Å². The number of hydrogen-bond acceptors (Lipinski definition) is 3. The third-order valence-corrected chi connectivity index (χ3v) is 2.85. The van der Waals surface area contributed by atoms with Gasteiger partial charge in [0.15, 0.2) is 4.77 Å². The molecule has 3 aromatic rings. The molecule has 0 amide bonds. The molecule has 1 aromatic carbocycles. The zero-order valence-corrected chi connectivity index (χ0v) is 10.3. The fourth-order valence-corrected chi connectivity index (χ4v) is 2.03. The summed E-state index contributed by atoms with van der Waals surface area (Å²) in [6, 6.07) is 5.91. The lowest BCUT2D eigenvalue weighted by Crippen LogP contribution is -2.22. The molecule has 0 atom stereocenters. The number of imidazole rings is 1. The van der Waals surface area contributed by atoms with Crippen LogP contribution in [0.15, 0.2) is 30.6 Å². The van der Waals surface area contributed by atoms with Crippen molar-refractivity contribution in [3.8, 4) is 0 Å². The lowest BCUT2D eigenvalue weighted by molar-refractivity contribution is 1.24. The highest BCUT2D eigenvalue weighted by atomic mass is 32.1. The molecule has 0 fully saturated rings. The van der Waals surface area contributed by atoms with Crippen molar-refractivity contribution in [1.82, 2.24) is 19.9 Å². The predicted molar refractivity (Wildman–Crippen MR) is 73.9 cm³/mol. The van der Waals surface area contributed by atoms with Crippen LogP contribution in [0.25, 0.3) is 23.7 Å². The van der Waals surface area contributed by atoms with Crippen LogP contribution in [-0.4, -0.2) is 19.9 Å². The van der Waals surface area contributed by atoms with Crippen molar-refractivity contribution < 1.29 is 0 Å². The summed E-state index contributed by atoms with van der Waals surface area (Å²) < 4.78 is 0.576. The minimum absolute atomic E-state index is 0.576. The van der Waals surface area contributed by atoms with Gasteiger partial charge in [-0.25, -0.2) is 0 Å². The van der Waals surface area contributed by atoms with E-state index in [4.69, 9.17) is 12.2 Å². The molecule has 2 aromatic heterocycles. The summed E-state index contributed by atoms with van der Waals surface area (Å²) in [4.78, 5) is 14.5. The molecule has 0 saturated carbocycles. The molecule has 0 bridgehead atoms. The van der Waals surface area contributed by atoms with Gasteiger partial charge in [0.2, 0.25) is 0 Å². The third kappa shape index (κ3) is 1.96. The van der Waals surface area contributed by atoms with Gasteiger partial charge in [-0.3, -0.25) is 9.97 Å². The first-order chi connectivity index (χ1) is 8.72. The van der Waals surface area contributed by atoms with Gasteiger partial charge in [0.1, 0.15) is 0 Å². The van der Waals surface area contributed by atoms with Crippen molar-refractivity contribution in [2.75, 3.05) is 0 Å². The Labute approximate surface area is 108 Å². The van der Waals surface area contributed by atoms with Crippen molar-refractivity contribution in [1.29, 1.82) is 0 Å². The van der Waals surface area contributed by atoms with Crippen molar-refractivity contribution in [2.24, 2.45) is 0 Å². The molecule has 0 saturated heterocycles. The number of rotatable bonds is 1. The Hall–Kier alpha value is -2.27. The second-order valence-electron chi connectivity index (χ2n) is 3.92. The number of hydrogen-bond donors (Lipinski definition) is 2. The first kappa shape index (κ1) is 10.9. The maximum atomic E-state index is 5.02. The lowest BCUT2D eigenvalue weighted by Gasteiger charge is -1.96. The SMILES string of the molecule is C=c1[nH]c(=S)[nH]/c1=C\c1ccc2nccnc2c1. The van der Waals surface area contributed by atoms with Crippen LogP contribution in [0.1, 0.15) is 5.56 Å². The maximum Gasteiger partial charge on any atom is 0.175 e. The fraction of sp³-hybridized carbons (Fsp3) is 0. The molecule has 0 aliphatic rings. The number of nitrogens with one attached hydrogen (secondary N) is 2. The molecule has 0 unspecified atom stereocenters. The Kier molecular flexibility index (Phi) is 2.53. The summed E-state index contributed by atoms with van der Waals surface area (Å²) in [7, 11) is 0. The van der Waals surface area contributed by atoms with Crippen LogP contribution in [-0.2, 0) is 0 Å². The Morgan fingerprint density at radius 3 is 2.61 bits per heavy atom. The van der Waals surface area contributed by atoms with Crippen molar-refractivity contribution in [2.45, 2.75) is 0 Å². The average molecular weight is 254 g/mol. The predicted octanol–water partition coefficient (Wildman–Crippen LogP) is 1.25. The Morgan fingerprint density at radius 1 is 1.11 bits per heavy atom. The molecule has 3 rings (SSSR count). The zero-order chi connectivity index (χ0) is 12.5. The van der Waals surface area contributed by atoms with Gasteiger partial charge in [0.25, 0.3) is 0 Å². The van der Waals surface area contributed by atoms with E-state index < -0.39 is 0 Å². The normalized spacial score (nSPS) is 12.1. The Morgan fingerprint density at radius 2 is 1.89 bits per heavy atom. The maximum absolute atomic E-state index is 5.02.